The number of nitrogens with zero attached hydrogens (tertiary/aromatic N) is 2. The van der Waals surface area contributed by atoms with Crippen molar-refractivity contribution in [2.45, 2.75) is 52.0 Å². The number of aliphatic hydroxyl groups is 1. The number of benzene rings is 3. The second-order valence-electron chi connectivity index (χ2n) is 8.88. The molecule has 6 nitrogen and oxygen atoms in total. The highest BCUT2D eigenvalue weighted by atomic mass is 16.6. The first-order chi connectivity index (χ1) is 15.8. The third-order valence-electron chi connectivity index (χ3n) is 6.36. The number of amides is 2. The number of ether oxygens (including phenoxy) is 1. The molecule has 2 amide bonds. The maximum Gasteiger partial charge on any atom is 0.432 e. The Kier molecular flexibility index (Phi) is 6.49. The summed E-state index contributed by atoms with van der Waals surface area (Å²) in [6, 6.07) is 22.5. The van der Waals surface area contributed by atoms with Crippen LogP contribution in [0.25, 0.3) is 10.8 Å². The lowest BCUT2D eigenvalue weighted by Gasteiger charge is -2.47. The van der Waals surface area contributed by atoms with E-state index in [1.807, 2.05) is 93.6 Å². The number of fused-ring (bicyclic) bond motifs is 1. The van der Waals surface area contributed by atoms with Crippen LogP contribution < -0.4 is 0 Å². The van der Waals surface area contributed by atoms with Gasteiger partial charge in [0, 0.05) is 6.04 Å². The van der Waals surface area contributed by atoms with E-state index in [0.717, 1.165) is 21.3 Å². The van der Waals surface area contributed by atoms with E-state index >= 15 is 0 Å². The van der Waals surface area contributed by atoms with E-state index in [1.54, 1.807) is 11.9 Å². The lowest BCUT2D eigenvalue weighted by molar-refractivity contribution is -0.181. The van der Waals surface area contributed by atoms with Gasteiger partial charge in [-0.2, -0.15) is 10.0 Å². The van der Waals surface area contributed by atoms with E-state index in [2.05, 4.69) is 0 Å². The van der Waals surface area contributed by atoms with Crippen LogP contribution in [0.4, 0.5) is 4.79 Å². The smallest absolute Gasteiger partial charge is 0.432 e. The Morgan fingerprint density at radius 3 is 2.27 bits per heavy atom. The molecule has 3 aromatic rings. The number of carbonyl (C=O) groups excluding carboxylic acids is 2. The van der Waals surface area contributed by atoms with Crippen molar-refractivity contribution in [1.82, 2.24) is 10.0 Å². The topological polar surface area (TPSA) is 70.1 Å². The maximum atomic E-state index is 13.6. The molecule has 172 valence electrons. The van der Waals surface area contributed by atoms with Crippen molar-refractivity contribution in [2.24, 2.45) is 5.92 Å². The van der Waals surface area contributed by atoms with Gasteiger partial charge in [-0.25, -0.2) is 4.79 Å². The van der Waals surface area contributed by atoms with Crippen molar-refractivity contribution in [1.29, 1.82) is 0 Å². The quantitative estimate of drug-likeness (QED) is 0.580. The van der Waals surface area contributed by atoms with Crippen LogP contribution in [-0.2, 0) is 9.53 Å². The van der Waals surface area contributed by atoms with E-state index in [0.29, 0.717) is 5.56 Å². The maximum absolute atomic E-state index is 13.6. The van der Waals surface area contributed by atoms with Crippen molar-refractivity contribution in [3.05, 3.63) is 83.9 Å². The van der Waals surface area contributed by atoms with Gasteiger partial charge in [0.05, 0.1) is 18.1 Å². The Bertz CT molecular complexity index is 1140. The van der Waals surface area contributed by atoms with Crippen molar-refractivity contribution in [3.63, 3.8) is 0 Å². The molecule has 1 aliphatic rings. The van der Waals surface area contributed by atoms with Gasteiger partial charge in [0.25, 0.3) is 5.91 Å². The van der Waals surface area contributed by atoms with Crippen LogP contribution in [0.3, 0.4) is 0 Å². The average Bonchev–Trinajstić information content (AvgIpc) is 2.83. The molecule has 33 heavy (non-hydrogen) atoms. The number of hydrogen-bond donors (Lipinski definition) is 1. The fourth-order valence-electron chi connectivity index (χ4n) is 4.67. The molecule has 1 aliphatic heterocycles. The summed E-state index contributed by atoms with van der Waals surface area (Å²) < 4.78 is 5.75. The van der Waals surface area contributed by atoms with Gasteiger partial charge < -0.3 is 9.84 Å². The molecule has 0 bridgehead atoms. The molecule has 0 aromatic heterocycles. The van der Waals surface area contributed by atoms with Crippen LogP contribution in [0.2, 0.25) is 0 Å². The standard InChI is InChI=1S/C27H30N2O4/c1-17(2)28-19(4)25(21-12-6-5-7-13-21)33-27(32)29(28)26(31)18(3)24(30)23-16-10-14-20-11-8-9-15-22(20)23/h5-19,24-25,30H,1-4H3/t18-,19-,24-,25-/m0/s1. The number of hydrazine groups is 1. The van der Waals surface area contributed by atoms with Gasteiger partial charge in [0.2, 0.25) is 0 Å². The first-order valence-electron chi connectivity index (χ1n) is 11.3. The van der Waals surface area contributed by atoms with Gasteiger partial charge in [-0.1, -0.05) is 79.7 Å². The third-order valence-corrected chi connectivity index (χ3v) is 6.36. The van der Waals surface area contributed by atoms with Crippen molar-refractivity contribution in [2.75, 3.05) is 0 Å². The Labute approximate surface area is 194 Å². The molecule has 0 spiro atoms. The molecule has 1 fully saturated rings. The lowest BCUT2D eigenvalue weighted by Crippen LogP contribution is -2.63. The predicted octanol–water partition coefficient (Wildman–Crippen LogP) is 5.24. The van der Waals surface area contributed by atoms with Gasteiger partial charge in [-0.15, -0.1) is 0 Å². The Morgan fingerprint density at radius 1 is 0.939 bits per heavy atom. The van der Waals surface area contributed by atoms with E-state index in [-0.39, 0.29) is 12.1 Å². The lowest BCUT2D eigenvalue weighted by atomic mass is 9.92. The van der Waals surface area contributed by atoms with Crippen LogP contribution in [0.15, 0.2) is 72.8 Å². The van der Waals surface area contributed by atoms with Gasteiger partial charge >= 0.3 is 6.09 Å². The van der Waals surface area contributed by atoms with Crippen LogP contribution in [0.1, 0.15) is 51.0 Å². The normalized spacial score (nSPS) is 21.2. The summed E-state index contributed by atoms with van der Waals surface area (Å²) in [5, 5.41) is 15.9. The first kappa shape index (κ1) is 23.0. The Hall–Kier alpha value is -3.22. The molecule has 6 heteroatoms. The van der Waals surface area contributed by atoms with Gasteiger partial charge in [0.1, 0.15) is 6.10 Å². The summed E-state index contributed by atoms with van der Waals surface area (Å²) in [4.78, 5) is 26.7. The summed E-state index contributed by atoms with van der Waals surface area (Å²) in [5.41, 5.74) is 1.53. The van der Waals surface area contributed by atoms with Crippen LogP contribution >= 0.6 is 0 Å². The molecule has 0 radical (unpaired) electrons. The predicted molar refractivity (Wildman–Crippen MR) is 127 cm³/mol. The van der Waals surface area contributed by atoms with E-state index in [4.69, 9.17) is 4.74 Å². The SMILES string of the molecule is CC(C)N1[C@@H](C)[C@@H](c2ccccc2)OC(=O)N1C(=O)[C@@H](C)[C@H](O)c1cccc2ccccc12. The number of carbonyl (C=O) groups is 2. The van der Waals surface area contributed by atoms with E-state index in [9.17, 15) is 14.7 Å². The number of aliphatic hydroxyl groups excluding tert-OH is 1. The minimum absolute atomic E-state index is 0.134. The van der Waals surface area contributed by atoms with Crippen molar-refractivity contribution in [3.8, 4) is 0 Å². The number of hydrogen-bond acceptors (Lipinski definition) is 5. The summed E-state index contributed by atoms with van der Waals surface area (Å²) in [5.74, 6) is -1.35. The summed E-state index contributed by atoms with van der Waals surface area (Å²) >= 11 is 0. The highest BCUT2D eigenvalue weighted by Gasteiger charge is 2.46. The molecule has 1 N–H and O–H groups in total. The minimum Gasteiger partial charge on any atom is -0.438 e. The molecule has 0 aliphatic carbocycles. The number of rotatable bonds is 5. The van der Waals surface area contributed by atoms with Gasteiger partial charge in [0.15, 0.2) is 0 Å². The molecule has 0 unspecified atom stereocenters. The summed E-state index contributed by atoms with van der Waals surface area (Å²) in [6.45, 7) is 7.46. The first-order valence-corrected chi connectivity index (χ1v) is 11.3. The van der Waals surface area contributed by atoms with Crippen LogP contribution in [0, 0.1) is 5.92 Å². The van der Waals surface area contributed by atoms with Crippen LogP contribution in [0.5, 0.6) is 0 Å². The van der Waals surface area contributed by atoms with Gasteiger partial charge in [-0.05, 0) is 42.7 Å². The Balaban J connectivity index is 1.64. The van der Waals surface area contributed by atoms with Crippen molar-refractivity contribution >= 4 is 22.8 Å². The molecule has 3 aromatic carbocycles. The fraction of sp³-hybridized carbons (Fsp3) is 0.333. The fourth-order valence-corrected chi connectivity index (χ4v) is 4.67. The monoisotopic (exact) mass is 446 g/mol. The molecular weight excluding hydrogens is 416 g/mol. The van der Waals surface area contributed by atoms with Crippen LogP contribution in [-0.4, -0.2) is 39.2 Å². The zero-order valence-corrected chi connectivity index (χ0v) is 19.4. The number of imide groups is 1. The molecule has 0 saturated carbocycles. The van der Waals surface area contributed by atoms with Crippen molar-refractivity contribution < 1.29 is 19.4 Å². The zero-order valence-electron chi connectivity index (χ0n) is 19.4. The average molecular weight is 447 g/mol. The highest BCUT2D eigenvalue weighted by Crippen LogP contribution is 2.36. The summed E-state index contributed by atoms with van der Waals surface area (Å²) in [7, 11) is 0. The second kappa shape index (κ2) is 9.33. The largest absolute Gasteiger partial charge is 0.438 e. The second-order valence-corrected chi connectivity index (χ2v) is 8.88. The zero-order chi connectivity index (χ0) is 23.7. The Morgan fingerprint density at radius 2 is 1.58 bits per heavy atom. The summed E-state index contributed by atoms with van der Waals surface area (Å²) in [6.07, 6.45) is -2.30. The minimum atomic E-state index is -1.08. The van der Waals surface area contributed by atoms with E-state index in [1.165, 1.54) is 0 Å². The molecule has 1 heterocycles. The molecule has 4 atom stereocenters. The van der Waals surface area contributed by atoms with E-state index < -0.39 is 30.1 Å². The molecular formula is C27H30N2O4. The highest BCUT2D eigenvalue weighted by molar-refractivity contribution is 5.94. The number of cyclic esters (lactones) is 1. The molecule has 4 rings (SSSR count). The van der Waals surface area contributed by atoms with Gasteiger partial charge in [-0.3, -0.25) is 4.79 Å². The molecule has 1 saturated heterocycles. The third kappa shape index (κ3) is 4.24.